The number of rotatable bonds is 6. The lowest BCUT2D eigenvalue weighted by molar-refractivity contribution is 0.484. The van der Waals surface area contributed by atoms with E-state index in [0.717, 1.165) is 11.1 Å². The quantitative estimate of drug-likeness (QED) is 0.795. The van der Waals surface area contributed by atoms with Crippen LogP contribution in [-0.2, 0) is 10.1 Å². The van der Waals surface area contributed by atoms with Crippen LogP contribution < -0.4 is 14.9 Å². The van der Waals surface area contributed by atoms with Crippen molar-refractivity contribution in [3.05, 3.63) is 63.8 Å². The van der Waals surface area contributed by atoms with Crippen LogP contribution in [0.25, 0.3) is 0 Å². The Morgan fingerprint density at radius 1 is 1.08 bits per heavy atom. The monoisotopic (exact) mass is 361 g/mol. The third kappa shape index (κ3) is 4.60. The van der Waals surface area contributed by atoms with Crippen molar-refractivity contribution in [2.75, 3.05) is 11.9 Å². The summed E-state index contributed by atoms with van der Waals surface area (Å²) in [6.07, 6.45) is 0. The molecule has 0 unspecified atom stereocenters. The fourth-order valence-corrected chi connectivity index (χ4v) is 3.20. The summed E-state index contributed by atoms with van der Waals surface area (Å²) in [5, 5.41) is 2.95. The minimum atomic E-state index is -4.08. The summed E-state index contributed by atoms with van der Waals surface area (Å²) in [6.45, 7) is 8.19. The fraction of sp³-hybridized carbons (Fsp3) is 0.316. The van der Waals surface area contributed by atoms with E-state index in [4.69, 9.17) is 4.18 Å². The number of nitrogens with one attached hydrogen (secondary N) is 1. The molecule has 0 radical (unpaired) electrons. The zero-order valence-electron chi connectivity index (χ0n) is 14.9. The molecule has 134 valence electrons. The minimum absolute atomic E-state index is 0.0140. The van der Waals surface area contributed by atoms with Crippen molar-refractivity contribution in [1.29, 1.82) is 0 Å². The number of benzene rings is 1. The summed E-state index contributed by atoms with van der Waals surface area (Å²) in [6, 6.07) is 11.3. The predicted octanol–water partition coefficient (Wildman–Crippen LogP) is 3.68. The van der Waals surface area contributed by atoms with Gasteiger partial charge in [0, 0.05) is 6.54 Å². The van der Waals surface area contributed by atoms with Crippen molar-refractivity contribution in [2.24, 2.45) is 0 Å². The van der Waals surface area contributed by atoms with Gasteiger partial charge in [0.05, 0.1) is 5.69 Å². The molecule has 1 N–H and O–H groups in total. The molecular formula is C19H23NO4S. The largest absolute Gasteiger partial charge is 0.382 e. The second-order valence-corrected chi connectivity index (χ2v) is 7.67. The van der Waals surface area contributed by atoms with Crippen molar-refractivity contribution in [1.82, 2.24) is 0 Å². The molecule has 0 spiro atoms. The van der Waals surface area contributed by atoms with Crippen LogP contribution in [0.1, 0.15) is 37.8 Å². The molecule has 0 aliphatic heterocycles. The van der Waals surface area contributed by atoms with Gasteiger partial charge in [-0.3, -0.25) is 4.79 Å². The summed E-state index contributed by atoms with van der Waals surface area (Å²) in [5.41, 5.74) is 1.58. The molecule has 0 heterocycles. The summed E-state index contributed by atoms with van der Waals surface area (Å²) in [7, 11) is -4.08. The molecule has 0 aliphatic rings. The summed E-state index contributed by atoms with van der Waals surface area (Å²) in [5.74, 6) is -0.0871. The predicted molar refractivity (Wildman–Crippen MR) is 100.0 cm³/mol. The molecule has 2 rings (SSSR count). The van der Waals surface area contributed by atoms with Crippen LogP contribution in [0.5, 0.6) is 5.75 Å². The SMILES string of the molecule is CCNc1ccc(C(C)C)cc(OS(=O)(=O)c2ccc(C)cc2)c1=O. The maximum atomic E-state index is 12.6. The average Bonchev–Trinajstić information content (AvgIpc) is 2.69. The lowest BCUT2D eigenvalue weighted by Gasteiger charge is -2.08. The maximum absolute atomic E-state index is 12.6. The molecule has 5 nitrogen and oxygen atoms in total. The number of aryl methyl sites for hydroxylation is 1. The molecule has 25 heavy (non-hydrogen) atoms. The van der Waals surface area contributed by atoms with Gasteiger partial charge < -0.3 is 9.50 Å². The van der Waals surface area contributed by atoms with Crippen molar-refractivity contribution in [3.8, 4) is 5.75 Å². The Hall–Kier alpha value is -2.34. The summed E-state index contributed by atoms with van der Waals surface area (Å²) >= 11 is 0. The zero-order valence-corrected chi connectivity index (χ0v) is 15.7. The van der Waals surface area contributed by atoms with E-state index in [1.807, 2.05) is 27.7 Å². The fourth-order valence-electron chi connectivity index (χ4n) is 2.27. The van der Waals surface area contributed by atoms with Gasteiger partial charge in [-0.15, -0.1) is 0 Å². The molecule has 0 bridgehead atoms. The normalized spacial score (nSPS) is 11.4. The Balaban J connectivity index is 2.55. The Kier molecular flexibility index (Phi) is 5.85. The van der Waals surface area contributed by atoms with E-state index >= 15 is 0 Å². The van der Waals surface area contributed by atoms with E-state index < -0.39 is 15.5 Å². The van der Waals surface area contributed by atoms with Gasteiger partial charge in [0.25, 0.3) is 0 Å². The van der Waals surface area contributed by atoms with Crippen molar-refractivity contribution in [2.45, 2.75) is 38.5 Å². The first-order valence-corrected chi connectivity index (χ1v) is 9.58. The Morgan fingerprint density at radius 2 is 1.72 bits per heavy atom. The number of hydrogen-bond donors (Lipinski definition) is 1. The van der Waals surface area contributed by atoms with Gasteiger partial charge in [-0.2, -0.15) is 8.42 Å². The topological polar surface area (TPSA) is 72.5 Å². The molecule has 0 saturated carbocycles. The first-order chi connectivity index (χ1) is 11.7. The van der Waals surface area contributed by atoms with E-state index in [1.165, 1.54) is 18.2 Å². The maximum Gasteiger partial charge on any atom is 0.339 e. The third-order valence-corrected chi connectivity index (χ3v) is 5.00. The standard InChI is InChI=1S/C19H23NO4S/c1-5-20-17-11-8-15(13(2)3)12-18(19(17)21)24-25(22,23)16-9-6-14(4)7-10-16/h6-13H,5H2,1-4H3,(H,20,21). The first-order valence-electron chi connectivity index (χ1n) is 8.18. The van der Waals surface area contributed by atoms with E-state index in [1.54, 1.807) is 24.3 Å². The Labute approximate surface area is 148 Å². The zero-order chi connectivity index (χ0) is 18.6. The van der Waals surface area contributed by atoms with Gasteiger partial charge in [-0.1, -0.05) is 37.6 Å². The van der Waals surface area contributed by atoms with Gasteiger partial charge >= 0.3 is 10.1 Å². The summed E-state index contributed by atoms with van der Waals surface area (Å²) in [4.78, 5) is 12.7. The minimum Gasteiger partial charge on any atom is -0.382 e. The lowest BCUT2D eigenvalue weighted by atomic mass is 10.1. The molecule has 0 aliphatic carbocycles. The van der Waals surface area contributed by atoms with Crippen LogP contribution in [0.4, 0.5) is 5.69 Å². The summed E-state index contributed by atoms with van der Waals surface area (Å²) < 4.78 is 30.3. The van der Waals surface area contributed by atoms with Crippen LogP contribution in [0.2, 0.25) is 0 Å². The second-order valence-electron chi connectivity index (χ2n) is 6.12. The number of anilines is 1. The molecule has 0 atom stereocenters. The van der Waals surface area contributed by atoms with Crippen LogP contribution in [0.15, 0.2) is 52.2 Å². The second kappa shape index (κ2) is 7.70. The molecule has 2 aromatic carbocycles. The van der Waals surface area contributed by atoms with E-state index in [0.29, 0.717) is 12.2 Å². The van der Waals surface area contributed by atoms with Crippen LogP contribution in [0, 0.1) is 6.92 Å². The molecule has 0 aromatic heterocycles. The first kappa shape index (κ1) is 19.0. The Morgan fingerprint density at radius 3 is 2.28 bits per heavy atom. The molecule has 6 heteroatoms. The van der Waals surface area contributed by atoms with Gasteiger partial charge in [0.2, 0.25) is 5.43 Å². The van der Waals surface area contributed by atoms with E-state index in [-0.39, 0.29) is 16.6 Å². The highest BCUT2D eigenvalue weighted by Crippen LogP contribution is 2.22. The van der Waals surface area contributed by atoms with Crippen LogP contribution in [-0.4, -0.2) is 15.0 Å². The third-order valence-electron chi connectivity index (χ3n) is 3.75. The van der Waals surface area contributed by atoms with Gasteiger partial charge in [0.1, 0.15) is 4.90 Å². The van der Waals surface area contributed by atoms with Crippen molar-refractivity contribution in [3.63, 3.8) is 0 Å². The van der Waals surface area contributed by atoms with Gasteiger partial charge in [0.15, 0.2) is 5.75 Å². The van der Waals surface area contributed by atoms with E-state index in [2.05, 4.69) is 5.32 Å². The Bertz CT molecular complexity index is 904. The van der Waals surface area contributed by atoms with Crippen molar-refractivity contribution >= 4 is 15.8 Å². The lowest BCUT2D eigenvalue weighted by Crippen LogP contribution is -2.17. The van der Waals surface area contributed by atoms with Crippen LogP contribution >= 0.6 is 0 Å². The van der Waals surface area contributed by atoms with Crippen LogP contribution in [0.3, 0.4) is 0 Å². The highest BCUT2D eigenvalue weighted by Gasteiger charge is 2.19. The average molecular weight is 361 g/mol. The molecular weight excluding hydrogens is 338 g/mol. The van der Waals surface area contributed by atoms with E-state index in [9.17, 15) is 13.2 Å². The molecule has 2 aromatic rings. The van der Waals surface area contributed by atoms with Crippen molar-refractivity contribution < 1.29 is 12.6 Å². The molecule has 0 amide bonds. The highest BCUT2D eigenvalue weighted by molar-refractivity contribution is 7.87. The van der Waals surface area contributed by atoms with Gasteiger partial charge in [-0.05, 0) is 49.6 Å². The number of hydrogen-bond acceptors (Lipinski definition) is 5. The molecule has 0 saturated heterocycles. The van der Waals surface area contributed by atoms with Gasteiger partial charge in [-0.25, -0.2) is 0 Å². The smallest absolute Gasteiger partial charge is 0.339 e. The highest BCUT2D eigenvalue weighted by atomic mass is 32.2. The molecule has 0 fully saturated rings.